The fourth-order valence-corrected chi connectivity index (χ4v) is 3.03. The van der Waals surface area contributed by atoms with Crippen molar-refractivity contribution in [3.05, 3.63) is 53.1 Å². The van der Waals surface area contributed by atoms with Crippen LogP contribution in [0, 0.1) is 6.92 Å². The molecule has 1 heterocycles. The number of anilines is 2. The molecule has 130 valence electrons. The van der Waals surface area contributed by atoms with Crippen molar-refractivity contribution in [2.45, 2.75) is 13.8 Å². The molecule has 25 heavy (non-hydrogen) atoms. The average Bonchev–Trinajstić information content (AvgIpc) is 2.58. The Morgan fingerprint density at radius 2 is 2.08 bits per heavy atom. The van der Waals surface area contributed by atoms with E-state index in [1.54, 1.807) is 23.1 Å². The summed E-state index contributed by atoms with van der Waals surface area (Å²) < 4.78 is 5.41. The van der Waals surface area contributed by atoms with Gasteiger partial charge in [0.2, 0.25) is 5.91 Å². The highest BCUT2D eigenvalue weighted by molar-refractivity contribution is 6.31. The number of carbonyl (C=O) groups excluding carboxylic acids is 2. The van der Waals surface area contributed by atoms with Crippen LogP contribution in [0.1, 0.15) is 12.5 Å². The van der Waals surface area contributed by atoms with Gasteiger partial charge in [0.1, 0.15) is 12.3 Å². The highest BCUT2D eigenvalue weighted by atomic mass is 35.5. The van der Waals surface area contributed by atoms with Crippen molar-refractivity contribution in [3.63, 3.8) is 0 Å². The lowest BCUT2D eigenvalue weighted by Gasteiger charge is -2.31. The molecule has 2 aromatic rings. The SMILES string of the molecule is CCN(C(=O)CN1C(=O)COc2cc(Cl)ccc21)c1cccc(C)c1. The Morgan fingerprint density at radius 3 is 2.80 bits per heavy atom. The lowest BCUT2D eigenvalue weighted by atomic mass is 10.2. The van der Waals surface area contributed by atoms with Gasteiger partial charge in [-0.05, 0) is 43.7 Å². The molecule has 0 N–H and O–H groups in total. The van der Waals surface area contributed by atoms with Gasteiger partial charge in [-0.1, -0.05) is 23.7 Å². The number of carbonyl (C=O) groups is 2. The number of benzene rings is 2. The van der Waals surface area contributed by atoms with Crippen LogP contribution in [0.15, 0.2) is 42.5 Å². The minimum absolute atomic E-state index is 0.0430. The van der Waals surface area contributed by atoms with Crippen LogP contribution in [0.5, 0.6) is 5.75 Å². The Bertz CT molecular complexity index is 822. The Kier molecular flexibility index (Phi) is 4.95. The molecular weight excluding hydrogens is 340 g/mol. The van der Waals surface area contributed by atoms with Crippen LogP contribution in [-0.4, -0.2) is 31.5 Å². The molecule has 2 aromatic carbocycles. The third-order valence-electron chi connectivity index (χ3n) is 4.09. The quantitative estimate of drug-likeness (QED) is 0.841. The summed E-state index contributed by atoms with van der Waals surface area (Å²) in [5.41, 5.74) is 2.46. The van der Waals surface area contributed by atoms with Crippen molar-refractivity contribution in [1.82, 2.24) is 0 Å². The lowest BCUT2D eigenvalue weighted by molar-refractivity contribution is -0.124. The van der Waals surface area contributed by atoms with E-state index < -0.39 is 0 Å². The fourth-order valence-electron chi connectivity index (χ4n) is 2.87. The molecule has 0 atom stereocenters. The van der Waals surface area contributed by atoms with Gasteiger partial charge in [0.25, 0.3) is 5.91 Å². The number of amides is 2. The Balaban J connectivity index is 1.86. The summed E-state index contributed by atoms with van der Waals surface area (Å²) in [5.74, 6) is 0.117. The number of ether oxygens (including phenoxy) is 1. The van der Waals surface area contributed by atoms with Crippen molar-refractivity contribution in [3.8, 4) is 5.75 Å². The zero-order valence-electron chi connectivity index (χ0n) is 14.2. The van der Waals surface area contributed by atoms with E-state index >= 15 is 0 Å². The van der Waals surface area contributed by atoms with Gasteiger partial charge in [-0.2, -0.15) is 0 Å². The summed E-state index contributed by atoms with van der Waals surface area (Å²) in [7, 11) is 0. The predicted octanol–water partition coefficient (Wildman–Crippen LogP) is 3.43. The van der Waals surface area contributed by atoms with Gasteiger partial charge in [-0.3, -0.25) is 14.5 Å². The maximum Gasteiger partial charge on any atom is 0.265 e. The number of aryl methyl sites for hydroxylation is 1. The van der Waals surface area contributed by atoms with Crippen molar-refractivity contribution in [2.24, 2.45) is 0 Å². The number of rotatable bonds is 4. The van der Waals surface area contributed by atoms with E-state index in [9.17, 15) is 9.59 Å². The van der Waals surface area contributed by atoms with Gasteiger partial charge in [0.05, 0.1) is 5.69 Å². The predicted molar refractivity (Wildman–Crippen MR) is 98.5 cm³/mol. The Hall–Kier alpha value is -2.53. The van der Waals surface area contributed by atoms with E-state index in [-0.39, 0.29) is 25.0 Å². The summed E-state index contributed by atoms with van der Waals surface area (Å²) in [4.78, 5) is 28.2. The van der Waals surface area contributed by atoms with E-state index in [2.05, 4.69) is 0 Å². The van der Waals surface area contributed by atoms with E-state index in [1.807, 2.05) is 38.1 Å². The van der Waals surface area contributed by atoms with Crippen molar-refractivity contribution in [2.75, 3.05) is 29.5 Å². The molecule has 0 saturated carbocycles. The number of hydrogen-bond donors (Lipinski definition) is 0. The van der Waals surface area contributed by atoms with Crippen molar-refractivity contribution in [1.29, 1.82) is 0 Å². The molecule has 0 aromatic heterocycles. The van der Waals surface area contributed by atoms with Gasteiger partial charge in [-0.25, -0.2) is 0 Å². The highest BCUT2D eigenvalue weighted by Crippen LogP contribution is 2.34. The third-order valence-corrected chi connectivity index (χ3v) is 4.32. The first-order valence-corrected chi connectivity index (χ1v) is 8.47. The minimum Gasteiger partial charge on any atom is -0.482 e. The fraction of sp³-hybridized carbons (Fsp3) is 0.263. The van der Waals surface area contributed by atoms with Crippen LogP contribution in [-0.2, 0) is 9.59 Å². The number of likely N-dealkylation sites (N-methyl/N-ethyl adjacent to an activating group) is 1. The van der Waals surface area contributed by atoms with E-state index in [1.165, 1.54) is 4.90 Å². The smallest absolute Gasteiger partial charge is 0.265 e. The monoisotopic (exact) mass is 358 g/mol. The molecule has 1 aliphatic rings. The molecule has 0 unspecified atom stereocenters. The van der Waals surface area contributed by atoms with Crippen LogP contribution >= 0.6 is 11.6 Å². The molecule has 0 fully saturated rings. The van der Waals surface area contributed by atoms with E-state index in [4.69, 9.17) is 16.3 Å². The summed E-state index contributed by atoms with van der Waals surface area (Å²) in [6, 6.07) is 12.8. The molecule has 6 heteroatoms. The largest absolute Gasteiger partial charge is 0.482 e. The van der Waals surface area contributed by atoms with Crippen LogP contribution in [0.4, 0.5) is 11.4 Å². The van der Waals surface area contributed by atoms with Gasteiger partial charge in [-0.15, -0.1) is 0 Å². The van der Waals surface area contributed by atoms with Crippen molar-refractivity contribution < 1.29 is 14.3 Å². The highest BCUT2D eigenvalue weighted by Gasteiger charge is 2.29. The van der Waals surface area contributed by atoms with Gasteiger partial charge < -0.3 is 9.64 Å². The van der Waals surface area contributed by atoms with Gasteiger partial charge in [0, 0.05) is 23.3 Å². The molecule has 3 rings (SSSR count). The van der Waals surface area contributed by atoms with Crippen LogP contribution in [0.25, 0.3) is 0 Å². The van der Waals surface area contributed by atoms with Crippen LogP contribution in [0.2, 0.25) is 5.02 Å². The number of halogens is 1. The molecular formula is C19H19ClN2O3. The zero-order chi connectivity index (χ0) is 18.0. The van der Waals surface area contributed by atoms with E-state index in [0.29, 0.717) is 23.0 Å². The van der Waals surface area contributed by atoms with E-state index in [0.717, 1.165) is 11.3 Å². The third kappa shape index (κ3) is 3.61. The topological polar surface area (TPSA) is 49.9 Å². The molecule has 0 spiro atoms. The molecule has 0 aliphatic carbocycles. The molecule has 0 saturated heterocycles. The first-order chi connectivity index (χ1) is 12.0. The van der Waals surface area contributed by atoms with Crippen molar-refractivity contribution >= 4 is 34.8 Å². The zero-order valence-corrected chi connectivity index (χ0v) is 14.9. The Morgan fingerprint density at radius 1 is 1.28 bits per heavy atom. The molecule has 2 amide bonds. The van der Waals surface area contributed by atoms with Gasteiger partial charge >= 0.3 is 0 Å². The second-order valence-corrected chi connectivity index (χ2v) is 6.29. The van der Waals surface area contributed by atoms with Gasteiger partial charge in [0.15, 0.2) is 6.61 Å². The standard InChI is InChI=1S/C19H19ClN2O3/c1-3-21(15-6-4-5-13(2)9-15)18(23)11-22-16-8-7-14(20)10-17(16)25-12-19(22)24/h4-10H,3,11-12H2,1-2H3. The maximum atomic E-state index is 12.8. The summed E-state index contributed by atoms with van der Waals surface area (Å²) >= 11 is 5.98. The number of hydrogen-bond acceptors (Lipinski definition) is 3. The molecule has 5 nitrogen and oxygen atoms in total. The maximum absolute atomic E-state index is 12.8. The summed E-state index contributed by atoms with van der Waals surface area (Å²) in [6.45, 7) is 4.27. The summed E-state index contributed by atoms with van der Waals surface area (Å²) in [5, 5.41) is 0.523. The van der Waals surface area contributed by atoms with Crippen LogP contribution < -0.4 is 14.5 Å². The normalized spacial score (nSPS) is 13.2. The van der Waals surface area contributed by atoms with Crippen LogP contribution in [0.3, 0.4) is 0 Å². The second kappa shape index (κ2) is 7.15. The average molecular weight is 359 g/mol. The molecule has 0 radical (unpaired) electrons. The number of fused-ring (bicyclic) bond motifs is 1. The minimum atomic E-state index is -0.247. The number of nitrogens with zero attached hydrogens (tertiary/aromatic N) is 2. The Labute approximate surface area is 151 Å². The first-order valence-electron chi connectivity index (χ1n) is 8.09. The summed E-state index contributed by atoms with van der Waals surface area (Å²) in [6.07, 6.45) is 0. The second-order valence-electron chi connectivity index (χ2n) is 5.86. The first kappa shape index (κ1) is 17.3. The molecule has 1 aliphatic heterocycles. The molecule has 0 bridgehead atoms. The lowest BCUT2D eigenvalue weighted by Crippen LogP contribution is -2.46.